The van der Waals surface area contributed by atoms with Gasteiger partial charge in [-0.15, -0.1) is 0 Å². The van der Waals surface area contributed by atoms with Gasteiger partial charge in [0.1, 0.15) is 6.04 Å². The van der Waals surface area contributed by atoms with E-state index in [0.29, 0.717) is 56.4 Å². The fourth-order valence-electron chi connectivity index (χ4n) is 6.75. The van der Waals surface area contributed by atoms with Crippen molar-refractivity contribution in [1.82, 2.24) is 20.4 Å². The molecule has 3 aliphatic rings. The van der Waals surface area contributed by atoms with Crippen molar-refractivity contribution in [3.8, 4) is 0 Å². The molecule has 2 saturated heterocycles. The van der Waals surface area contributed by atoms with E-state index in [1.807, 2.05) is 52.3 Å². The van der Waals surface area contributed by atoms with Gasteiger partial charge < -0.3 is 20.4 Å². The molecule has 224 valence electrons. The highest BCUT2D eigenvalue weighted by atomic mass is 35.5. The third-order valence-electron chi connectivity index (χ3n) is 9.20. The Morgan fingerprint density at radius 2 is 1.65 bits per heavy atom. The molecule has 0 bridgehead atoms. The first-order chi connectivity index (χ1) is 20.9. The number of hydrogen-bond donors (Lipinski definition) is 2. The van der Waals surface area contributed by atoms with Crippen LogP contribution in [-0.2, 0) is 40.3 Å². The largest absolute Gasteiger partial charge is 0.343 e. The maximum absolute atomic E-state index is 14.0. The van der Waals surface area contributed by atoms with Gasteiger partial charge >= 0.3 is 0 Å². The Kier molecular flexibility index (Phi) is 9.10. The van der Waals surface area contributed by atoms with Crippen LogP contribution in [0.5, 0.6) is 0 Å². The molecule has 3 amide bonds. The van der Waals surface area contributed by atoms with Gasteiger partial charge in [-0.05, 0) is 71.6 Å². The summed E-state index contributed by atoms with van der Waals surface area (Å²) < 4.78 is 0. The van der Waals surface area contributed by atoms with Crippen molar-refractivity contribution in [3.63, 3.8) is 0 Å². The molecule has 3 aromatic carbocycles. The first-order valence-electron chi connectivity index (χ1n) is 15.4. The minimum Gasteiger partial charge on any atom is -0.343 e. The summed E-state index contributed by atoms with van der Waals surface area (Å²) >= 11 is 6.12. The van der Waals surface area contributed by atoms with Gasteiger partial charge in [0.2, 0.25) is 17.7 Å². The van der Waals surface area contributed by atoms with Crippen LogP contribution in [0.3, 0.4) is 0 Å². The molecule has 0 radical (unpaired) electrons. The van der Waals surface area contributed by atoms with Gasteiger partial charge in [0.05, 0.1) is 6.04 Å². The quantitative estimate of drug-likeness (QED) is 0.397. The third kappa shape index (κ3) is 6.94. The number of fused-ring (bicyclic) bond motifs is 1. The fraction of sp³-hybridized carbons (Fsp3) is 0.400. The molecule has 7 nitrogen and oxygen atoms in total. The van der Waals surface area contributed by atoms with Crippen LogP contribution in [0.1, 0.15) is 59.4 Å². The lowest BCUT2D eigenvalue weighted by Gasteiger charge is -2.36. The van der Waals surface area contributed by atoms with E-state index in [-0.39, 0.29) is 23.8 Å². The molecule has 0 unspecified atom stereocenters. The summed E-state index contributed by atoms with van der Waals surface area (Å²) in [5.74, 6) is 0.362. The van der Waals surface area contributed by atoms with Crippen molar-refractivity contribution in [2.45, 2.75) is 69.6 Å². The maximum atomic E-state index is 14.0. The molecular weight excluding hydrogens is 560 g/mol. The number of hydrogen-bond acceptors (Lipinski definition) is 4. The topological polar surface area (TPSA) is 81.8 Å². The van der Waals surface area contributed by atoms with Crippen LogP contribution in [0.15, 0.2) is 72.8 Å². The van der Waals surface area contributed by atoms with Crippen LogP contribution >= 0.6 is 11.6 Å². The standard InChI is InChI=1S/C35H39ClN4O3/c36-29-13-11-24(12-14-29)20-32(38-34(42)31-21-26-6-1-2-7-27(26)22-37-31)35(43)39-18-15-25(16-19-39)30-9-4-3-8-28(30)23-40-17-5-10-33(40)41/h1-4,6-9,11-14,25,31-32,37H,5,10,15-23H2,(H,38,42)/t31-,32-/m1/s1. The average molecular weight is 599 g/mol. The van der Waals surface area contributed by atoms with Crippen LogP contribution in [-0.4, -0.2) is 59.2 Å². The zero-order valence-corrected chi connectivity index (χ0v) is 25.2. The van der Waals surface area contributed by atoms with Gasteiger partial charge in [-0.25, -0.2) is 0 Å². The molecule has 43 heavy (non-hydrogen) atoms. The molecule has 0 aromatic heterocycles. The van der Waals surface area contributed by atoms with E-state index in [1.165, 1.54) is 22.3 Å². The van der Waals surface area contributed by atoms with Crippen LogP contribution < -0.4 is 10.6 Å². The molecule has 2 fully saturated rings. The summed E-state index contributed by atoms with van der Waals surface area (Å²) in [6.45, 7) is 3.36. The lowest BCUT2D eigenvalue weighted by molar-refractivity contribution is -0.137. The maximum Gasteiger partial charge on any atom is 0.245 e. The van der Waals surface area contributed by atoms with Crippen molar-refractivity contribution in [3.05, 3.63) is 106 Å². The van der Waals surface area contributed by atoms with E-state index in [2.05, 4.69) is 41.0 Å². The Hall–Kier alpha value is -3.68. The summed E-state index contributed by atoms with van der Waals surface area (Å²) in [6.07, 6.45) is 4.26. The van der Waals surface area contributed by atoms with Crippen LogP contribution in [0.2, 0.25) is 5.02 Å². The Morgan fingerprint density at radius 3 is 2.40 bits per heavy atom. The second-order valence-electron chi connectivity index (χ2n) is 12.0. The smallest absolute Gasteiger partial charge is 0.245 e. The Bertz CT molecular complexity index is 1470. The van der Waals surface area contributed by atoms with Gasteiger partial charge in [-0.2, -0.15) is 0 Å². The first kappa shape index (κ1) is 29.4. The number of carbonyl (C=O) groups is 3. The molecular formula is C35H39ClN4O3. The van der Waals surface area contributed by atoms with E-state index in [4.69, 9.17) is 11.6 Å². The summed E-state index contributed by atoms with van der Waals surface area (Å²) in [6, 6.07) is 23.0. The Labute approximate surface area is 258 Å². The number of rotatable bonds is 8. The lowest BCUT2D eigenvalue weighted by atomic mass is 9.86. The van der Waals surface area contributed by atoms with Crippen molar-refractivity contribution in [1.29, 1.82) is 0 Å². The van der Waals surface area contributed by atoms with E-state index < -0.39 is 6.04 Å². The SMILES string of the molecule is O=C(N[C@H](Cc1ccc(Cl)cc1)C(=O)N1CCC(c2ccccc2CN2CCCC2=O)CC1)[C@H]1Cc2ccccc2CN1. The zero-order chi connectivity index (χ0) is 29.8. The second kappa shape index (κ2) is 13.3. The van der Waals surface area contributed by atoms with E-state index >= 15 is 0 Å². The van der Waals surface area contributed by atoms with Crippen LogP contribution in [0, 0.1) is 0 Å². The minimum absolute atomic E-state index is 0.0473. The highest BCUT2D eigenvalue weighted by Gasteiger charge is 2.33. The molecule has 8 heteroatoms. The van der Waals surface area contributed by atoms with E-state index in [9.17, 15) is 14.4 Å². The number of nitrogens with one attached hydrogen (secondary N) is 2. The summed E-state index contributed by atoms with van der Waals surface area (Å²) in [5, 5.41) is 7.10. The molecule has 3 heterocycles. The molecule has 2 atom stereocenters. The van der Waals surface area contributed by atoms with Crippen molar-refractivity contribution in [2.24, 2.45) is 0 Å². The van der Waals surface area contributed by atoms with E-state index in [1.54, 1.807) is 0 Å². The highest BCUT2D eigenvalue weighted by molar-refractivity contribution is 6.30. The number of carbonyl (C=O) groups excluding carboxylic acids is 3. The molecule has 2 N–H and O–H groups in total. The van der Waals surface area contributed by atoms with Gasteiger partial charge in [-0.3, -0.25) is 14.4 Å². The molecule has 3 aromatic rings. The molecule has 0 spiro atoms. The number of piperidine rings is 1. The van der Waals surface area contributed by atoms with E-state index in [0.717, 1.165) is 31.4 Å². The Morgan fingerprint density at radius 1 is 0.930 bits per heavy atom. The van der Waals surface area contributed by atoms with Crippen LogP contribution in [0.4, 0.5) is 0 Å². The van der Waals surface area contributed by atoms with Crippen molar-refractivity contribution >= 4 is 29.3 Å². The number of halogens is 1. The normalized spacial score (nSPS) is 19.7. The number of nitrogens with zero attached hydrogens (tertiary/aromatic N) is 2. The third-order valence-corrected chi connectivity index (χ3v) is 9.45. The fourth-order valence-corrected chi connectivity index (χ4v) is 6.88. The summed E-state index contributed by atoms with van der Waals surface area (Å²) in [7, 11) is 0. The predicted molar refractivity (Wildman–Crippen MR) is 168 cm³/mol. The predicted octanol–water partition coefficient (Wildman–Crippen LogP) is 4.61. The van der Waals surface area contributed by atoms with Crippen molar-refractivity contribution < 1.29 is 14.4 Å². The zero-order valence-electron chi connectivity index (χ0n) is 24.4. The van der Waals surface area contributed by atoms with Gasteiger partial charge in [0.15, 0.2) is 0 Å². The summed E-state index contributed by atoms with van der Waals surface area (Å²) in [5.41, 5.74) is 5.81. The minimum atomic E-state index is -0.669. The number of amides is 3. The number of benzene rings is 3. The molecule has 0 aliphatic carbocycles. The lowest BCUT2D eigenvalue weighted by Crippen LogP contribution is -2.56. The van der Waals surface area contributed by atoms with Gasteiger partial charge in [0.25, 0.3) is 0 Å². The Balaban J connectivity index is 1.13. The average Bonchev–Trinajstić information content (AvgIpc) is 3.45. The second-order valence-corrected chi connectivity index (χ2v) is 12.5. The molecule has 0 saturated carbocycles. The number of likely N-dealkylation sites (tertiary alicyclic amines) is 2. The van der Waals surface area contributed by atoms with Crippen LogP contribution in [0.25, 0.3) is 0 Å². The van der Waals surface area contributed by atoms with Gasteiger partial charge in [0, 0.05) is 50.6 Å². The summed E-state index contributed by atoms with van der Waals surface area (Å²) in [4.78, 5) is 43.6. The monoisotopic (exact) mass is 598 g/mol. The molecule has 6 rings (SSSR count). The van der Waals surface area contributed by atoms with Gasteiger partial charge in [-0.1, -0.05) is 72.3 Å². The highest BCUT2D eigenvalue weighted by Crippen LogP contribution is 2.32. The first-order valence-corrected chi connectivity index (χ1v) is 15.8. The van der Waals surface area contributed by atoms with Crippen molar-refractivity contribution in [2.75, 3.05) is 19.6 Å². The molecule has 3 aliphatic heterocycles.